The van der Waals surface area contributed by atoms with Gasteiger partial charge in [-0.05, 0) is 6.42 Å². The maximum absolute atomic E-state index is 11.6. The lowest BCUT2D eigenvalue weighted by Gasteiger charge is -2.10. The molecule has 0 aliphatic rings. The standard InChI is InChI=1S/C8H14ClF3OS/c1-7(2-3-9)14-5-4-13-6-8(10,11)12/h7H,2-6H2,1H3. The summed E-state index contributed by atoms with van der Waals surface area (Å²) in [7, 11) is 0. The van der Waals surface area contributed by atoms with Crippen molar-refractivity contribution in [2.75, 3.05) is 24.8 Å². The number of alkyl halides is 4. The summed E-state index contributed by atoms with van der Waals surface area (Å²) in [6.07, 6.45) is -3.35. The zero-order chi connectivity index (χ0) is 11.0. The Bertz CT molecular complexity index is 143. The molecule has 0 saturated carbocycles. The molecule has 6 heteroatoms. The lowest BCUT2D eigenvalue weighted by molar-refractivity contribution is -0.172. The van der Waals surface area contributed by atoms with Crippen molar-refractivity contribution in [2.45, 2.75) is 24.8 Å². The van der Waals surface area contributed by atoms with Crippen LogP contribution in [0.2, 0.25) is 0 Å². The molecule has 0 heterocycles. The van der Waals surface area contributed by atoms with E-state index in [1.165, 1.54) is 0 Å². The molecule has 0 aliphatic heterocycles. The molecule has 0 aromatic heterocycles. The molecule has 1 atom stereocenters. The van der Waals surface area contributed by atoms with E-state index in [1.54, 1.807) is 11.8 Å². The first-order valence-corrected chi connectivity index (χ1v) is 5.86. The Kier molecular flexibility index (Phi) is 7.86. The van der Waals surface area contributed by atoms with Crippen molar-refractivity contribution in [3.8, 4) is 0 Å². The van der Waals surface area contributed by atoms with Crippen LogP contribution in [0.3, 0.4) is 0 Å². The molecular formula is C8H14ClF3OS. The molecule has 0 rings (SSSR count). The average Bonchev–Trinajstić information content (AvgIpc) is 2.02. The second kappa shape index (κ2) is 7.65. The first-order valence-electron chi connectivity index (χ1n) is 4.28. The van der Waals surface area contributed by atoms with Crippen LogP contribution >= 0.6 is 23.4 Å². The van der Waals surface area contributed by atoms with Gasteiger partial charge in [-0.1, -0.05) is 6.92 Å². The average molecular weight is 251 g/mol. The number of rotatable bonds is 7. The third-order valence-corrected chi connectivity index (χ3v) is 2.84. The van der Waals surface area contributed by atoms with Gasteiger partial charge in [0.2, 0.25) is 0 Å². The van der Waals surface area contributed by atoms with Gasteiger partial charge in [0.25, 0.3) is 0 Å². The molecule has 1 unspecified atom stereocenters. The summed E-state index contributed by atoms with van der Waals surface area (Å²) in [5.74, 6) is 1.16. The molecule has 0 amide bonds. The Morgan fingerprint density at radius 1 is 1.43 bits per heavy atom. The first kappa shape index (κ1) is 14.4. The van der Waals surface area contributed by atoms with Gasteiger partial charge in [-0.3, -0.25) is 0 Å². The van der Waals surface area contributed by atoms with Crippen molar-refractivity contribution < 1.29 is 17.9 Å². The Morgan fingerprint density at radius 2 is 2.07 bits per heavy atom. The minimum Gasteiger partial charge on any atom is -0.371 e. The summed E-state index contributed by atoms with van der Waals surface area (Å²) < 4.78 is 39.3. The minimum atomic E-state index is -4.22. The van der Waals surface area contributed by atoms with Crippen molar-refractivity contribution >= 4 is 23.4 Å². The van der Waals surface area contributed by atoms with Gasteiger partial charge < -0.3 is 4.74 Å². The minimum absolute atomic E-state index is 0.136. The highest BCUT2D eigenvalue weighted by atomic mass is 35.5. The number of hydrogen-bond donors (Lipinski definition) is 0. The van der Waals surface area contributed by atoms with Crippen LogP contribution in [-0.4, -0.2) is 36.3 Å². The Hall–Kier alpha value is 0.390. The molecule has 0 spiro atoms. The maximum atomic E-state index is 11.6. The van der Waals surface area contributed by atoms with Crippen LogP contribution in [0.5, 0.6) is 0 Å². The molecule has 1 nitrogen and oxygen atoms in total. The van der Waals surface area contributed by atoms with Gasteiger partial charge in [0.1, 0.15) is 6.61 Å². The molecular weight excluding hydrogens is 237 g/mol. The molecule has 14 heavy (non-hydrogen) atoms. The Labute approximate surface area is 91.3 Å². The molecule has 0 aliphatic carbocycles. The van der Waals surface area contributed by atoms with Crippen LogP contribution in [0, 0.1) is 0 Å². The van der Waals surface area contributed by atoms with Crippen LogP contribution in [0.1, 0.15) is 13.3 Å². The number of ether oxygens (including phenoxy) is 1. The van der Waals surface area contributed by atoms with Gasteiger partial charge >= 0.3 is 6.18 Å². The molecule has 86 valence electrons. The van der Waals surface area contributed by atoms with Gasteiger partial charge in [0.05, 0.1) is 6.61 Å². The predicted molar refractivity (Wildman–Crippen MR) is 54.1 cm³/mol. The normalized spacial score (nSPS) is 14.4. The second-order valence-corrected chi connectivity index (χ2v) is 4.75. The smallest absolute Gasteiger partial charge is 0.371 e. The largest absolute Gasteiger partial charge is 0.411 e. The van der Waals surface area contributed by atoms with Crippen molar-refractivity contribution in [3.63, 3.8) is 0 Å². The molecule has 0 radical (unpaired) electrons. The lowest BCUT2D eigenvalue weighted by atomic mass is 10.4. The van der Waals surface area contributed by atoms with Crippen LogP contribution in [0.15, 0.2) is 0 Å². The molecule has 0 aromatic carbocycles. The van der Waals surface area contributed by atoms with Gasteiger partial charge in [-0.2, -0.15) is 24.9 Å². The van der Waals surface area contributed by atoms with E-state index in [0.29, 0.717) is 16.9 Å². The zero-order valence-corrected chi connectivity index (χ0v) is 9.51. The Morgan fingerprint density at radius 3 is 2.57 bits per heavy atom. The third-order valence-electron chi connectivity index (χ3n) is 1.41. The number of thioether (sulfide) groups is 1. The van der Waals surface area contributed by atoms with E-state index < -0.39 is 12.8 Å². The zero-order valence-electron chi connectivity index (χ0n) is 7.94. The topological polar surface area (TPSA) is 9.23 Å². The first-order chi connectivity index (χ1) is 6.45. The van der Waals surface area contributed by atoms with Crippen LogP contribution in [-0.2, 0) is 4.74 Å². The molecule has 0 bridgehead atoms. The van der Waals surface area contributed by atoms with Crippen molar-refractivity contribution in [1.82, 2.24) is 0 Å². The highest BCUT2D eigenvalue weighted by molar-refractivity contribution is 7.99. The van der Waals surface area contributed by atoms with Gasteiger partial charge in [-0.25, -0.2) is 0 Å². The molecule has 0 fully saturated rings. The monoisotopic (exact) mass is 250 g/mol. The molecule has 0 N–H and O–H groups in total. The predicted octanol–water partition coefficient (Wildman–Crippen LogP) is 3.32. The SMILES string of the molecule is CC(CCCl)SCCOCC(F)(F)F. The van der Waals surface area contributed by atoms with Crippen molar-refractivity contribution in [1.29, 1.82) is 0 Å². The van der Waals surface area contributed by atoms with Crippen molar-refractivity contribution in [2.24, 2.45) is 0 Å². The maximum Gasteiger partial charge on any atom is 0.411 e. The summed E-state index contributed by atoms with van der Waals surface area (Å²) in [5.41, 5.74) is 0. The van der Waals surface area contributed by atoms with E-state index in [2.05, 4.69) is 4.74 Å². The van der Waals surface area contributed by atoms with Gasteiger partial charge in [-0.15, -0.1) is 11.6 Å². The highest BCUT2D eigenvalue weighted by Gasteiger charge is 2.27. The van der Waals surface area contributed by atoms with Crippen LogP contribution < -0.4 is 0 Å². The number of halogens is 4. The molecule has 0 aromatic rings. The van der Waals surface area contributed by atoms with E-state index in [-0.39, 0.29) is 6.61 Å². The molecule has 0 saturated heterocycles. The summed E-state index contributed by atoms with van der Waals surface area (Å²) in [4.78, 5) is 0. The number of hydrogen-bond acceptors (Lipinski definition) is 2. The van der Waals surface area contributed by atoms with Crippen molar-refractivity contribution in [3.05, 3.63) is 0 Å². The van der Waals surface area contributed by atoms with E-state index in [0.717, 1.165) is 6.42 Å². The van der Waals surface area contributed by atoms with E-state index in [4.69, 9.17) is 11.6 Å². The fourth-order valence-electron chi connectivity index (χ4n) is 0.733. The van der Waals surface area contributed by atoms with Crippen LogP contribution in [0.4, 0.5) is 13.2 Å². The highest BCUT2D eigenvalue weighted by Crippen LogP contribution is 2.16. The van der Waals surface area contributed by atoms with E-state index >= 15 is 0 Å². The Balaban J connectivity index is 3.21. The third kappa shape index (κ3) is 10.5. The van der Waals surface area contributed by atoms with Gasteiger partial charge in [0, 0.05) is 16.9 Å². The van der Waals surface area contributed by atoms with Gasteiger partial charge in [0.15, 0.2) is 0 Å². The summed E-state index contributed by atoms with van der Waals surface area (Å²) in [5, 5.41) is 0.377. The van der Waals surface area contributed by atoms with E-state index in [9.17, 15) is 13.2 Å². The summed E-state index contributed by atoms with van der Waals surface area (Å²) in [6.45, 7) is 0.977. The van der Waals surface area contributed by atoms with E-state index in [1.807, 2.05) is 6.92 Å². The summed E-state index contributed by atoms with van der Waals surface area (Å²) in [6, 6.07) is 0. The van der Waals surface area contributed by atoms with Crippen LogP contribution in [0.25, 0.3) is 0 Å². The fraction of sp³-hybridized carbons (Fsp3) is 1.00. The summed E-state index contributed by atoms with van der Waals surface area (Å²) >= 11 is 7.08. The quantitative estimate of drug-likeness (QED) is 0.506. The fourth-order valence-corrected chi connectivity index (χ4v) is 2.09. The lowest BCUT2D eigenvalue weighted by Crippen LogP contribution is -2.18. The second-order valence-electron chi connectivity index (χ2n) is 2.83.